The van der Waals surface area contributed by atoms with Crippen molar-refractivity contribution in [1.82, 2.24) is 9.88 Å². The molecule has 3 rings (SSSR count). The summed E-state index contributed by atoms with van der Waals surface area (Å²) in [5, 5.41) is 9.29. The molecule has 1 unspecified atom stereocenters. The van der Waals surface area contributed by atoms with Crippen LogP contribution in [0.25, 0.3) is 0 Å². The Morgan fingerprint density at radius 2 is 2.04 bits per heavy atom. The molecule has 5 nitrogen and oxygen atoms in total. The first-order valence-electron chi connectivity index (χ1n) is 8.22. The SMILES string of the molecule is CC(C(=O)O)N(Cc1cncc(OCc2ccccc2)c1)C1CC1. The van der Waals surface area contributed by atoms with Crippen LogP contribution in [-0.2, 0) is 17.9 Å². The summed E-state index contributed by atoms with van der Waals surface area (Å²) in [4.78, 5) is 17.6. The van der Waals surface area contributed by atoms with Crippen LogP contribution in [0, 0.1) is 0 Å². The first-order valence-corrected chi connectivity index (χ1v) is 8.22. The summed E-state index contributed by atoms with van der Waals surface area (Å²) in [7, 11) is 0. The number of nitrogens with zero attached hydrogens (tertiary/aromatic N) is 2. The molecule has 2 aromatic rings. The molecular formula is C19H22N2O3. The van der Waals surface area contributed by atoms with Gasteiger partial charge in [0.15, 0.2) is 0 Å². The highest BCUT2D eigenvalue weighted by atomic mass is 16.5. The lowest BCUT2D eigenvalue weighted by molar-refractivity contribution is -0.143. The summed E-state index contributed by atoms with van der Waals surface area (Å²) in [6.07, 6.45) is 5.60. The summed E-state index contributed by atoms with van der Waals surface area (Å²) in [5.74, 6) is -0.0820. The van der Waals surface area contributed by atoms with Crippen molar-refractivity contribution in [3.63, 3.8) is 0 Å². The molecule has 1 saturated carbocycles. The molecule has 1 N–H and O–H groups in total. The maximum Gasteiger partial charge on any atom is 0.320 e. The first-order chi connectivity index (χ1) is 11.6. The monoisotopic (exact) mass is 326 g/mol. The molecule has 24 heavy (non-hydrogen) atoms. The van der Waals surface area contributed by atoms with Gasteiger partial charge in [-0.15, -0.1) is 0 Å². The first kappa shape index (κ1) is 16.5. The molecule has 1 aromatic carbocycles. The fourth-order valence-electron chi connectivity index (χ4n) is 2.71. The standard InChI is InChI=1S/C19H22N2O3/c1-14(19(22)23)21(17-7-8-17)12-16-9-18(11-20-10-16)24-13-15-5-3-2-4-6-15/h2-6,9-11,14,17H,7-8,12-13H2,1H3,(H,22,23). The highest BCUT2D eigenvalue weighted by Crippen LogP contribution is 2.30. The smallest absolute Gasteiger partial charge is 0.320 e. The average molecular weight is 326 g/mol. The Morgan fingerprint density at radius 1 is 1.29 bits per heavy atom. The number of carboxylic acid groups (broad SMARTS) is 1. The lowest BCUT2D eigenvalue weighted by Crippen LogP contribution is -2.40. The summed E-state index contributed by atoms with van der Waals surface area (Å²) < 4.78 is 5.80. The average Bonchev–Trinajstić information content (AvgIpc) is 3.43. The van der Waals surface area contributed by atoms with Crippen LogP contribution in [0.2, 0.25) is 0 Å². The molecule has 0 spiro atoms. The van der Waals surface area contributed by atoms with Gasteiger partial charge in [0.2, 0.25) is 0 Å². The maximum absolute atomic E-state index is 11.3. The Kier molecular flexibility index (Phi) is 5.11. The number of ether oxygens (including phenoxy) is 1. The van der Waals surface area contributed by atoms with Gasteiger partial charge in [0.25, 0.3) is 0 Å². The molecule has 1 fully saturated rings. The molecule has 0 bridgehead atoms. The van der Waals surface area contributed by atoms with Crippen molar-refractivity contribution >= 4 is 5.97 Å². The normalized spacial score (nSPS) is 15.2. The Hall–Kier alpha value is -2.40. The van der Waals surface area contributed by atoms with E-state index in [0.717, 1.165) is 24.0 Å². The third-order valence-corrected chi connectivity index (χ3v) is 4.25. The number of benzene rings is 1. The van der Waals surface area contributed by atoms with Crippen molar-refractivity contribution in [2.75, 3.05) is 0 Å². The van der Waals surface area contributed by atoms with Gasteiger partial charge >= 0.3 is 5.97 Å². The second-order valence-electron chi connectivity index (χ2n) is 6.22. The van der Waals surface area contributed by atoms with Crippen molar-refractivity contribution in [1.29, 1.82) is 0 Å². The predicted octanol–water partition coefficient (Wildman–Crippen LogP) is 3.10. The van der Waals surface area contributed by atoms with Crippen molar-refractivity contribution in [2.45, 2.75) is 45.0 Å². The number of carboxylic acids is 1. The van der Waals surface area contributed by atoms with Gasteiger partial charge in [-0.2, -0.15) is 0 Å². The van der Waals surface area contributed by atoms with Crippen LogP contribution in [0.15, 0.2) is 48.8 Å². The van der Waals surface area contributed by atoms with E-state index in [9.17, 15) is 9.90 Å². The molecule has 0 saturated heterocycles. The quantitative estimate of drug-likeness (QED) is 0.807. The second-order valence-corrected chi connectivity index (χ2v) is 6.22. The summed E-state index contributed by atoms with van der Waals surface area (Å²) in [6.45, 7) is 2.81. The molecule has 5 heteroatoms. The summed E-state index contributed by atoms with van der Waals surface area (Å²) in [6, 6.07) is 11.8. The van der Waals surface area contributed by atoms with Gasteiger partial charge < -0.3 is 9.84 Å². The maximum atomic E-state index is 11.3. The van der Waals surface area contributed by atoms with E-state index in [2.05, 4.69) is 4.98 Å². The fraction of sp³-hybridized carbons (Fsp3) is 0.368. The van der Waals surface area contributed by atoms with Crippen molar-refractivity contribution in [3.05, 3.63) is 59.9 Å². The number of aromatic nitrogens is 1. The third-order valence-electron chi connectivity index (χ3n) is 4.25. The van der Waals surface area contributed by atoms with E-state index >= 15 is 0 Å². The van der Waals surface area contributed by atoms with E-state index in [-0.39, 0.29) is 0 Å². The zero-order valence-electron chi connectivity index (χ0n) is 13.8. The van der Waals surface area contributed by atoms with E-state index in [1.807, 2.05) is 41.3 Å². The Morgan fingerprint density at radius 3 is 2.71 bits per heavy atom. The van der Waals surface area contributed by atoms with E-state index in [1.54, 1.807) is 19.3 Å². The van der Waals surface area contributed by atoms with Gasteiger partial charge in [-0.3, -0.25) is 14.7 Å². The molecule has 0 amide bonds. The van der Waals surface area contributed by atoms with Crippen molar-refractivity contribution < 1.29 is 14.6 Å². The topological polar surface area (TPSA) is 62.7 Å². The minimum Gasteiger partial charge on any atom is -0.487 e. The van der Waals surface area contributed by atoms with Crippen LogP contribution in [0.1, 0.15) is 30.9 Å². The molecular weight excluding hydrogens is 304 g/mol. The van der Waals surface area contributed by atoms with Crippen molar-refractivity contribution in [2.24, 2.45) is 0 Å². The third kappa shape index (κ3) is 4.32. The van der Waals surface area contributed by atoms with E-state index < -0.39 is 12.0 Å². The number of hydrogen-bond donors (Lipinski definition) is 1. The van der Waals surface area contributed by atoms with Crippen LogP contribution >= 0.6 is 0 Å². The summed E-state index contributed by atoms with van der Waals surface area (Å²) in [5.41, 5.74) is 2.07. The molecule has 0 aliphatic heterocycles. The zero-order valence-corrected chi connectivity index (χ0v) is 13.8. The minimum atomic E-state index is -0.786. The van der Waals surface area contributed by atoms with Crippen LogP contribution in [0.4, 0.5) is 0 Å². The lowest BCUT2D eigenvalue weighted by atomic mass is 10.2. The van der Waals surface area contributed by atoms with Crippen LogP contribution in [0.5, 0.6) is 5.75 Å². The van der Waals surface area contributed by atoms with Gasteiger partial charge in [0.05, 0.1) is 6.20 Å². The largest absolute Gasteiger partial charge is 0.487 e. The molecule has 1 aliphatic rings. The van der Waals surface area contributed by atoms with Gasteiger partial charge in [-0.05, 0) is 37.0 Å². The molecule has 126 valence electrons. The highest BCUT2D eigenvalue weighted by molar-refractivity contribution is 5.73. The second kappa shape index (κ2) is 7.45. The van der Waals surface area contributed by atoms with Crippen LogP contribution in [0.3, 0.4) is 0 Å². The molecule has 1 heterocycles. The Bertz CT molecular complexity index is 686. The van der Waals surface area contributed by atoms with Gasteiger partial charge in [0, 0.05) is 18.8 Å². The van der Waals surface area contributed by atoms with Crippen LogP contribution in [-0.4, -0.2) is 33.0 Å². The molecule has 1 aromatic heterocycles. The van der Waals surface area contributed by atoms with E-state index in [0.29, 0.717) is 24.9 Å². The minimum absolute atomic E-state index is 0.366. The Labute approximate surface area is 141 Å². The van der Waals surface area contributed by atoms with E-state index in [4.69, 9.17) is 4.74 Å². The van der Waals surface area contributed by atoms with Gasteiger partial charge in [-0.25, -0.2) is 0 Å². The molecule has 0 radical (unpaired) electrons. The van der Waals surface area contributed by atoms with Gasteiger partial charge in [-0.1, -0.05) is 30.3 Å². The zero-order chi connectivity index (χ0) is 16.9. The number of pyridine rings is 1. The fourth-order valence-corrected chi connectivity index (χ4v) is 2.71. The predicted molar refractivity (Wildman–Crippen MR) is 90.7 cm³/mol. The number of aliphatic carboxylic acids is 1. The summed E-state index contributed by atoms with van der Waals surface area (Å²) >= 11 is 0. The number of rotatable bonds is 8. The van der Waals surface area contributed by atoms with E-state index in [1.165, 1.54) is 0 Å². The van der Waals surface area contributed by atoms with Crippen molar-refractivity contribution in [3.8, 4) is 5.75 Å². The lowest BCUT2D eigenvalue weighted by Gasteiger charge is -2.26. The highest BCUT2D eigenvalue weighted by Gasteiger charge is 2.34. The van der Waals surface area contributed by atoms with Gasteiger partial charge in [0.1, 0.15) is 18.4 Å². The molecule has 1 aliphatic carbocycles. The Balaban J connectivity index is 1.65. The van der Waals surface area contributed by atoms with Crippen LogP contribution < -0.4 is 4.74 Å². The number of hydrogen-bond acceptors (Lipinski definition) is 4. The molecule has 1 atom stereocenters. The number of carbonyl (C=O) groups is 1.